The molecule has 15 nitrogen and oxygen atoms in total. The molecular formula is C76H76ClNO14S. The number of rotatable bonds is 16. The van der Waals surface area contributed by atoms with Crippen molar-refractivity contribution in [2.24, 2.45) is 0 Å². The number of carbonyl (C=O) groups excluding carboxylic acids is 7. The number of benzene rings is 6. The molecular weight excluding hydrogens is 1220 g/mol. The number of carbonyl (C=O) groups is 7. The second-order valence-corrected chi connectivity index (χ2v) is 21.7. The number of aryl methyl sites for hydroxylation is 2. The second kappa shape index (κ2) is 41.5. The molecule has 0 saturated heterocycles. The number of fused-ring (bicyclic) bond motifs is 2. The van der Waals surface area contributed by atoms with Gasteiger partial charge in [0.15, 0.2) is 75.0 Å². The molecule has 6 aromatic carbocycles. The molecule has 0 fully saturated rings. The van der Waals surface area contributed by atoms with Crippen LogP contribution in [0.1, 0.15) is 98.5 Å². The zero-order valence-corrected chi connectivity index (χ0v) is 55.3. The first-order chi connectivity index (χ1) is 44.2. The highest BCUT2D eigenvalue weighted by Gasteiger charge is 2.12. The van der Waals surface area contributed by atoms with Gasteiger partial charge in [-0.2, -0.15) is 0 Å². The summed E-state index contributed by atoms with van der Waals surface area (Å²) in [7, 11) is 3.11. The molecule has 482 valence electrons. The number of aromatic nitrogens is 1. The lowest BCUT2D eigenvalue weighted by Gasteiger charge is -2.02. The molecule has 0 unspecified atom stereocenters. The van der Waals surface area contributed by atoms with E-state index in [2.05, 4.69) is 23.2 Å². The van der Waals surface area contributed by atoms with Gasteiger partial charge in [0.1, 0.15) is 5.75 Å². The van der Waals surface area contributed by atoms with Crippen LogP contribution in [0.3, 0.4) is 0 Å². The summed E-state index contributed by atoms with van der Waals surface area (Å²) in [6.45, 7) is 14.9. The van der Waals surface area contributed by atoms with Gasteiger partial charge >= 0.3 is 0 Å². The number of allylic oxidation sites excluding steroid dienone is 7. The molecule has 0 spiro atoms. The molecule has 0 aliphatic carbocycles. The molecule has 3 N–H and O–H groups in total. The topological polar surface area (TPSA) is 230 Å². The molecule has 93 heavy (non-hydrogen) atoms. The number of para-hydroxylation sites is 1. The first-order valence-corrected chi connectivity index (χ1v) is 29.9. The van der Waals surface area contributed by atoms with E-state index in [0.29, 0.717) is 11.3 Å². The summed E-state index contributed by atoms with van der Waals surface area (Å²) in [5.41, 5.74) is 9.85. The van der Waals surface area contributed by atoms with Crippen LogP contribution in [0.4, 0.5) is 0 Å². The molecule has 0 atom stereocenters. The molecule has 9 rings (SSSR count). The third kappa shape index (κ3) is 32.0. The van der Waals surface area contributed by atoms with E-state index in [1.54, 1.807) is 94.0 Å². The van der Waals surface area contributed by atoms with Gasteiger partial charge in [0.25, 0.3) is 0 Å². The van der Waals surface area contributed by atoms with Gasteiger partial charge in [0, 0.05) is 11.6 Å². The molecule has 1 aliphatic rings. The number of pyridine rings is 1. The van der Waals surface area contributed by atoms with Crippen LogP contribution in [-0.2, 0) is 33.6 Å². The Morgan fingerprint density at radius 1 is 0.462 bits per heavy atom. The molecule has 0 amide bonds. The molecule has 1 aliphatic heterocycles. The Balaban J connectivity index is 0.000000284. The number of nitrogens with zero attached hydrogens (tertiary/aromatic N) is 1. The van der Waals surface area contributed by atoms with Crippen molar-refractivity contribution in [3.05, 3.63) is 242 Å². The minimum atomic E-state index is -0.189. The van der Waals surface area contributed by atoms with Crippen molar-refractivity contribution in [1.82, 2.24) is 4.98 Å². The van der Waals surface area contributed by atoms with E-state index < -0.39 is 0 Å². The van der Waals surface area contributed by atoms with Crippen LogP contribution in [0.15, 0.2) is 188 Å². The number of halogens is 1. The minimum absolute atomic E-state index is 0.0275. The highest BCUT2D eigenvalue weighted by Crippen LogP contribution is 2.33. The number of methoxy groups -OCH3 is 2. The van der Waals surface area contributed by atoms with Crippen LogP contribution in [0, 0.1) is 13.8 Å². The summed E-state index contributed by atoms with van der Waals surface area (Å²) in [6, 6.07) is 40.2. The maximum Gasteiger partial charge on any atom is 0.231 e. The minimum Gasteiger partial charge on any atom is -0.504 e. The van der Waals surface area contributed by atoms with E-state index in [0.717, 1.165) is 65.9 Å². The number of ether oxygens (including phenoxy) is 4. The molecule has 3 heterocycles. The van der Waals surface area contributed by atoms with Crippen molar-refractivity contribution >= 4 is 117 Å². The number of hydrogen-bond donors (Lipinski definition) is 3. The van der Waals surface area contributed by atoms with Crippen molar-refractivity contribution in [2.75, 3.05) is 21.0 Å². The third-order valence-electron chi connectivity index (χ3n) is 12.0. The summed E-state index contributed by atoms with van der Waals surface area (Å²) >= 11 is 7.13. The number of aromatic hydroxyl groups is 3. The van der Waals surface area contributed by atoms with Crippen molar-refractivity contribution in [3.8, 4) is 40.2 Å². The van der Waals surface area contributed by atoms with Crippen molar-refractivity contribution in [2.45, 2.75) is 62.3 Å². The van der Waals surface area contributed by atoms with Crippen molar-refractivity contribution < 1.29 is 67.8 Å². The van der Waals surface area contributed by atoms with Gasteiger partial charge in [0.2, 0.25) is 6.79 Å². The predicted molar refractivity (Wildman–Crippen MR) is 375 cm³/mol. The van der Waals surface area contributed by atoms with Gasteiger partial charge < -0.3 is 34.3 Å². The highest BCUT2D eigenvalue weighted by molar-refractivity contribution is 7.14. The summed E-state index contributed by atoms with van der Waals surface area (Å²) < 4.78 is 21.0. The van der Waals surface area contributed by atoms with Gasteiger partial charge in [-0.15, -0.1) is 11.3 Å². The van der Waals surface area contributed by atoms with Crippen LogP contribution < -0.4 is 18.9 Å². The normalized spacial score (nSPS) is 11.1. The van der Waals surface area contributed by atoms with E-state index in [-0.39, 0.29) is 64.5 Å². The van der Waals surface area contributed by atoms with Crippen LogP contribution in [0.5, 0.6) is 40.2 Å². The monoisotopic (exact) mass is 1290 g/mol. The Labute approximate surface area is 552 Å². The third-order valence-corrected chi connectivity index (χ3v) is 13.1. The Kier molecular flexibility index (Phi) is 34.1. The molecule has 17 heteroatoms. The molecule has 0 saturated carbocycles. The maximum atomic E-state index is 10.9. The zero-order chi connectivity index (χ0) is 68.8. The molecule has 0 radical (unpaired) electrons. The fourth-order valence-electron chi connectivity index (χ4n) is 7.28. The van der Waals surface area contributed by atoms with Gasteiger partial charge in [-0.05, 0) is 221 Å². The zero-order valence-electron chi connectivity index (χ0n) is 53.7. The Morgan fingerprint density at radius 3 is 1.45 bits per heavy atom. The number of ketones is 7. The fourth-order valence-corrected chi connectivity index (χ4v) is 8.14. The standard InChI is InChI=1S/C13H11NO.C12H14O.C11H10O3.C11H12O3.C11H12O2.C10H10O3.C8H7ClOS/c1-10(15)6-7-11-8-9-14-13-5-3-2-4-12(11)13;1-9-4-5-10(2)12(8-9)7-6-11(3)13;1-8(12)2-3-9-4-5-10-11(6-9)14-7-13-10;1-8(12)3-4-9-5-6-11(14-2)10(13)7-9;1-9(12)3-4-10-5-7-11(13-2)8-6-10;1-7(11)2-3-8-4-5-9(12)10(13)6-8;1-6(10)2-3-7-4-8(9)11-5-7/h2-9H,1H3;4-8H,1-3H3;2-6H,7H2,1H3;3-7,13H,1-2H3;3-8H,1-2H3;2-6,12-13H,1H3;2-5H,1H3/b2*7-6+;3-2+;2*4-3+;2*3-2+. The van der Waals surface area contributed by atoms with Crippen LogP contribution in [0.2, 0.25) is 4.34 Å². The van der Waals surface area contributed by atoms with E-state index in [1.165, 1.54) is 107 Å². The van der Waals surface area contributed by atoms with E-state index in [9.17, 15) is 38.7 Å². The summed E-state index contributed by atoms with van der Waals surface area (Å²) in [5.74, 6) is 2.62. The molecule has 2 aromatic heterocycles. The van der Waals surface area contributed by atoms with E-state index in [1.807, 2.05) is 110 Å². The Hall–Kier alpha value is -10.8. The van der Waals surface area contributed by atoms with Crippen molar-refractivity contribution in [3.63, 3.8) is 0 Å². The SMILES string of the molecule is CC(=O)/C=C/c1cc(C)ccc1C.CC(=O)/C=C/c1ccc(O)c(O)c1.CC(=O)/C=C/c1ccc2c(c1)OCO2.CC(=O)/C=C/c1ccnc2ccccc12.CC(=O)/C=C/c1csc(Cl)c1.COc1ccc(/C=C/C(C)=O)cc1.COc1ccc(/C=C/C(C)=O)cc1O. The Bertz CT molecular complexity index is 4040. The van der Waals surface area contributed by atoms with E-state index >= 15 is 0 Å². The van der Waals surface area contributed by atoms with Crippen LogP contribution >= 0.6 is 22.9 Å². The lowest BCUT2D eigenvalue weighted by atomic mass is 10.1. The first-order valence-electron chi connectivity index (χ1n) is 28.6. The Morgan fingerprint density at radius 2 is 0.935 bits per heavy atom. The van der Waals surface area contributed by atoms with Gasteiger partial charge in [-0.1, -0.05) is 126 Å². The number of hydrogen-bond acceptors (Lipinski definition) is 16. The smallest absolute Gasteiger partial charge is 0.231 e. The quantitative estimate of drug-likeness (QED) is 0.0603. The first kappa shape index (κ1) is 76.4. The average molecular weight is 1290 g/mol. The van der Waals surface area contributed by atoms with E-state index in [4.69, 9.17) is 40.8 Å². The van der Waals surface area contributed by atoms with Gasteiger partial charge in [-0.25, -0.2) is 0 Å². The maximum absolute atomic E-state index is 10.9. The second-order valence-electron chi connectivity index (χ2n) is 20.1. The number of thiophene rings is 1. The van der Waals surface area contributed by atoms with Crippen molar-refractivity contribution in [1.29, 1.82) is 0 Å². The van der Waals surface area contributed by atoms with Crippen LogP contribution in [0.25, 0.3) is 53.4 Å². The van der Waals surface area contributed by atoms with Crippen LogP contribution in [-0.4, -0.2) is 81.8 Å². The largest absolute Gasteiger partial charge is 0.504 e. The average Bonchev–Trinajstić information content (AvgIpc) is 1.49. The predicted octanol–water partition coefficient (Wildman–Crippen LogP) is 16.8. The van der Waals surface area contributed by atoms with Gasteiger partial charge in [-0.3, -0.25) is 38.5 Å². The number of phenols is 3. The fraction of sp³-hybridized carbons (Fsp3) is 0.158. The highest BCUT2D eigenvalue weighted by atomic mass is 35.5. The summed E-state index contributed by atoms with van der Waals surface area (Å²) in [5, 5.41) is 30.5. The summed E-state index contributed by atoms with van der Waals surface area (Å²) in [6.07, 6.45) is 24.5. The lowest BCUT2D eigenvalue weighted by Crippen LogP contribution is -1.92. The molecule has 8 aromatic rings. The number of phenolic OH excluding ortho intramolecular Hbond substituents is 3. The lowest BCUT2D eigenvalue weighted by molar-refractivity contribution is -0.113. The molecule has 0 bridgehead atoms. The van der Waals surface area contributed by atoms with Gasteiger partial charge in [0.05, 0.1) is 24.1 Å². The summed E-state index contributed by atoms with van der Waals surface area (Å²) in [4.78, 5) is 78.9.